The van der Waals surface area contributed by atoms with Crippen molar-refractivity contribution in [3.8, 4) is 22.4 Å². The van der Waals surface area contributed by atoms with E-state index in [-0.39, 0.29) is 13.2 Å². The van der Waals surface area contributed by atoms with Gasteiger partial charge in [0.25, 0.3) is 0 Å². The van der Waals surface area contributed by atoms with Gasteiger partial charge in [0, 0.05) is 29.3 Å². The fraction of sp³-hybridized carbons (Fsp3) is 0.259. The largest absolute Gasteiger partial charge is 0.391 e. The smallest absolute Gasteiger partial charge is 0.122 e. The predicted octanol–water partition coefficient (Wildman–Crippen LogP) is 3.35. The zero-order valence-corrected chi connectivity index (χ0v) is 19.0. The first kappa shape index (κ1) is 23.0. The third-order valence-corrected chi connectivity index (χ3v) is 6.18. The highest BCUT2D eigenvalue weighted by molar-refractivity contribution is 5.92. The van der Waals surface area contributed by atoms with Crippen molar-refractivity contribution in [2.75, 3.05) is 33.4 Å². The van der Waals surface area contributed by atoms with Crippen molar-refractivity contribution in [1.29, 1.82) is 0 Å². The van der Waals surface area contributed by atoms with E-state index in [1.54, 1.807) is 6.20 Å². The number of hydrogen-bond acceptors (Lipinski definition) is 5. The van der Waals surface area contributed by atoms with Gasteiger partial charge in [0.15, 0.2) is 0 Å². The standard InChI is InChI=1S/C27H31N4O2/c1-31(13-15-32,14-16-33)19-26-24-17-23(21-5-3-2-4-6-21)27(30-25(24)11-12-29-26)22-9-7-20(18-28)8-10-22/h2-12,17,32-33H,13-16,18-19,28H2,1H3/q+1. The van der Waals surface area contributed by atoms with E-state index in [1.165, 1.54) is 0 Å². The van der Waals surface area contributed by atoms with Crippen LogP contribution in [0.15, 0.2) is 72.9 Å². The monoisotopic (exact) mass is 443 g/mol. The van der Waals surface area contributed by atoms with Gasteiger partial charge in [-0.3, -0.25) is 4.98 Å². The van der Waals surface area contributed by atoms with Crippen molar-refractivity contribution in [2.24, 2.45) is 5.73 Å². The van der Waals surface area contributed by atoms with Gasteiger partial charge in [-0.05, 0) is 23.3 Å². The van der Waals surface area contributed by atoms with E-state index in [1.807, 2.05) is 43.4 Å². The van der Waals surface area contributed by atoms with Gasteiger partial charge in [-0.15, -0.1) is 0 Å². The van der Waals surface area contributed by atoms with E-state index in [4.69, 9.17) is 10.7 Å². The van der Waals surface area contributed by atoms with Crippen molar-refractivity contribution < 1.29 is 14.7 Å². The number of aliphatic hydroxyl groups is 2. The fourth-order valence-corrected chi connectivity index (χ4v) is 4.25. The summed E-state index contributed by atoms with van der Waals surface area (Å²) in [5.41, 5.74) is 12.7. The second kappa shape index (κ2) is 10.2. The van der Waals surface area contributed by atoms with Gasteiger partial charge in [0.1, 0.15) is 25.3 Å². The van der Waals surface area contributed by atoms with E-state index in [9.17, 15) is 10.2 Å². The first-order chi connectivity index (χ1) is 16.1. The Morgan fingerprint density at radius 1 is 0.879 bits per heavy atom. The minimum Gasteiger partial charge on any atom is -0.391 e. The number of rotatable bonds is 9. The number of aliphatic hydroxyl groups excluding tert-OH is 2. The van der Waals surface area contributed by atoms with Crippen LogP contribution in [0.3, 0.4) is 0 Å². The normalized spacial score (nSPS) is 11.8. The van der Waals surface area contributed by atoms with Crippen molar-refractivity contribution in [1.82, 2.24) is 9.97 Å². The topological polar surface area (TPSA) is 92.3 Å². The molecule has 0 aliphatic rings. The summed E-state index contributed by atoms with van der Waals surface area (Å²) < 4.78 is 0.502. The molecule has 0 aliphatic heterocycles. The maximum atomic E-state index is 9.57. The quantitative estimate of drug-likeness (QED) is 0.345. The average molecular weight is 444 g/mol. The molecule has 0 amide bonds. The van der Waals surface area contributed by atoms with E-state index >= 15 is 0 Å². The predicted molar refractivity (Wildman–Crippen MR) is 132 cm³/mol. The van der Waals surface area contributed by atoms with Gasteiger partial charge in [-0.2, -0.15) is 0 Å². The molecule has 0 radical (unpaired) electrons. The Balaban J connectivity index is 1.89. The molecule has 2 heterocycles. The highest BCUT2D eigenvalue weighted by Crippen LogP contribution is 2.34. The Labute approximate surface area is 194 Å². The summed E-state index contributed by atoms with van der Waals surface area (Å²) in [6, 6.07) is 22.6. The number of pyridine rings is 2. The summed E-state index contributed by atoms with van der Waals surface area (Å²) in [5, 5.41) is 20.1. The molecule has 4 N–H and O–H groups in total. The third kappa shape index (κ3) is 5.10. The minimum absolute atomic E-state index is 0.0533. The van der Waals surface area contributed by atoms with Gasteiger partial charge in [-0.25, -0.2) is 4.98 Å². The van der Waals surface area contributed by atoms with E-state index in [0.29, 0.717) is 30.7 Å². The van der Waals surface area contributed by atoms with Crippen molar-refractivity contribution in [2.45, 2.75) is 13.1 Å². The first-order valence-corrected chi connectivity index (χ1v) is 11.3. The third-order valence-electron chi connectivity index (χ3n) is 6.18. The van der Waals surface area contributed by atoms with Gasteiger partial charge in [0.2, 0.25) is 0 Å². The van der Waals surface area contributed by atoms with Crippen LogP contribution in [-0.4, -0.2) is 58.0 Å². The van der Waals surface area contributed by atoms with Crippen LogP contribution in [0.4, 0.5) is 0 Å². The Hall–Kier alpha value is -3.16. The van der Waals surface area contributed by atoms with Crippen molar-refractivity contribution in [3.05, 3.63) is 84.2 Å². The van der Waals surface area contributed by atoms with Gasteiger partial charge in [0.05, 0.1) is 31.5 Å². The van der Waals surface area contributed by atoms with Crippen molar-refractivity contribution in [3.63, 3.8) is 0 Å². The van der Waals surface area contributed by atoms with Crippen LogP contribution in [0.25, 0.3) is 33.3 Å². The second-order valence-electron chi connectivity index (χ2n) is 8.65. The molecular formula is C27H31N4O2+. The van der Waals surface area contributed by atoms with E-state index in [2.05, 4.69) is 35.3 Å². The molecule has 0 aliphatic carbocycles. The van der Waals surface area contributed by atoms with Gasteiger partial charge in [-0.1, -0.05) is 54.6 Å². The van der Waals surface area contributed by atoms with Crippen LogP contribution in [0.5, 0.6) is 0 Å². The number of fused-ring (bicyclic) bond motifs is 1. The average Bonchev–Trinajstić information content (AvgIpc) is 2.84. The highest BCUT2D eigenvalue weighted by Gasteiger charge is 2.24. The maximum Gasteiger partial charge on any atom is 0.122 e. The molecule has 0 bridgehead atoms. The molecule has 0 unspecified atom stereocenters. The first-order valence-electron chi connectivity index (χ1n) is 11.3. The zero-order chi connectivity index (χ0) is 23.3. The summed E-state index contributed by atoms with van der Waals surface area (Å²) in [6.07, 6.45) is 1.79. The molecular weight excluding hydrogens is 412 g/mol. The lowest BCUT2D eigenvalue weighted by Gasteiger charge is -2.33. The Morgan fingerprint density at radius 2 is 1.58 bits per heavy atom. The summed E-state index contributed by atoms with van der Waals surface area (Å²) in [4.78, 5) is 9.77. The lowest BCUT2D eigenvalue weighted by Crippen LogP contribution is -2.47. The number of nitrogens with two attached hydrogens (primary N) is 1. The summed E-state index contributed by atoms with van der Waals surface area (Å²) in [7, 11) is 2.03. The number of quaternary nitrogens is 1. The Kier molecular flexibility index (Phi) is 7.11. The number of hydrogen-bond donors (Lipinski definition) is 3. The van der Waals surface area contributed by atoms with Gasteiger partial charge >= 0.3 is 0 Å². The molecule has 0 atom stereocenters. The van der Waals surface area contributed by atoms with Crippen molar-refractivity contribution >= 4 is 10.9 Å². The zero-order valence-electron chi connectivity index (χ0n) is 19.0. The second-order valence-corrected chi connectivity index (χ2v) is 8.65. The van der Waals surface area contributed by atoms with E-state index in [0.717, 1.165) is 44.5 Å². The lowest BCUT2D eigenvalue weighted by molar-refractivity contribution is -0.923. The number of nitrogens with zero attached hydrogens (tertiary/aromatic N) is 3. The molecule has 4 aromatic rings. The summed E-state index contributed by atoms with van der Waals surface area (Å²) in [5.74, 6) is 0. The molecule has 0 saturated carbocycles. The molecule has 2 aromatic carbocycles. The Morgan fingerprint density at radius 3 is 2.21 bits per heavy atom. The molecule has 0 saturated heterocycles. The molecule has 4 rings (SSSR count). The van der Waals surface area contributed by atoms with Gasteiger partial charge < -0.3 is 20.4 Å². The molecule has 33 heavy (non-hydrogen) atoms. The van der Waals surface area contributed by atoms with Crippen LogP contribution < -0.4 is 5.73 Å². The van der Waals surface area contributed by atoms with Crippen LogP contribution in [0.1, 0.15) is 11.3 Å². The maximum absolute atomic E-state index is 9.57. The summed E-state index contributed by atoms with van der Waals surface area (Å²) >= 11 is 0. The fourth-order valence-electron chi connectivity index (χ4n) is 4.25. The minimum atomic E-state index is 0.0533. The number of likely N-dealkylation sites (N-methyl/N-ethyl adjacent to an activating group) is 1. The molecule has 0 fully saturated rings. The SMILES string of the molecule is C[N+](CCO)(CCO)Cc1nccc2nc(-c3ccc(CN)cc3)c(-c3ccccc3)cc12. The summed E-state index contributed by atoms with van der Waals surface area (Å²) in [6.45, 7) is 2.30. The van der Waals surface area contributed by atoms with Crippen LogP contribution in [0, 0.1) is 0 Å². The van der Waals surface area contributed by atoms with E-state index < -0.39 is 0 Å². The number of aromatic nitrogens is 2. The van der Waals surface area contributed by atoms with Crippen LogP contribution >= 0.6 is 0 Å². The Bertz CT molecular complexity index is 1200. The lowest BCUT2D eigenvalue weighted by atomic mass is 9.96. The molecule has 0 spiro atoms. The number of benzene rings is 2. The van der Waals surface area contributed by atoms with Crippen LogP contribution in [0.2, 0.25) is 0 Å². The molecule has 170 valence electrons. The molecule has 2 aromatic heterocycles. The highest BCUT2D eigenvalue weighted by atomic mass is 16.3. The molecule has 6 nitrogen and oxygen atoms in total. The molecule has 6 heteroatoms. The van der Waals surface area contributed by atoms with Crippen LogP contribution in [-0.2, 0) is 13.1 Å².